The Hall–Kier alpha value is -3.08. The minimum atomic E-state index is -0.433. The van der Waals surface area contributed by atoms with E-state index in [4.69, 9.17) is 14.2 Å². The Labute approximate surface area is 191 Å². The summed E-state index contributed by atoms with van der Waals surface area (Å²) in [7, 11) is 0. The lowest BCUT2D eigenvalue weighted by molar-refractivity contribution is -0.137. The predicted octanol–water partition coefficient (Wildman–Crippen LogP) is 6.61. The van der Waals surface area contributed by atoms with Crippen LogP contribution in [0.4, 0.5) is 0 Å². The molecule has 0 heterocycles. The van der Waals surface area contributed by atoms with Gasteiger partial charge in [0.25, 0.3) is 0 Å². The first kappa shape index (κ1) is 25.2. The average molecular weight is 439 g/mol. The van der Waals surface area contributed by atoms with Gasteiger partial charge in [0.15, 0.2) is 0 Å². The van der Waals surface area contributed by atoms with Gasteiger partial charge in [-0.3, -0.25) is 0 Å². The molecule has 5 nitrogen and oxygen atoms in total. The van der Waals surface area contributed by atoms with Crippen molar-refractivity contribution in [2.75, 3.05) is 13.2 Å². The predicted molar refractivity (Wildman–Crippen MR) is 127 cm³/mol. The van der Waals surface area contributed by atoms with Crippen LogP contribution in [0.1, 0.15) is 74.7 Å². The number of benzene rings is 2. The van der Waals surface area contributed by atoms with Gasteiger partial charge in [-0.05, 0) is 60.9 Å². The zero-order valence-electron chi connectivity index (χ0n) is 19.2. The quantitative estimate of drug-likeness (QED) is 0.144. The Morgan fingerprint density at radius 2 is 1.38 bits per heavy atom. The summed E-state index contributed by atoms with van der Waals surface area (Å²) in [5.74, 6) is 0.395. The van der Waals surface area contributed by atoms with Crippen molar-refractivity contribution in [1.29, 1.82) is 0 Å². The Morgan fingerprint density at radius 3 is 2.06 bits per heavy atom. The molecule has 0 saturated carbocycles. The molecule has 0 saturated heterocycles. The van der Waals surface area contributed by atoms with Crippen molar-refractivity contribution >= 4 is 18.0 Å². The van der Waals surface area contributed by atoms with E-state index in [1.165, 1.54) is 6.08 Å². The Kier molecular flexibility index (Phi) is 11.7. The van der Waals surface area contributed by atoms with Gasteiger partial charge in [0.1, 0.15) is 11.5 Å². The fourth-order valence-electron chi connectivity index (χ4n) is 2.96. The van der Waals surface area contributed by atoms with Crippen LogP contribution in [0.3, 0.4) is 0 Å². The minimum Gasteiger partial charge on any atom is -0.494 e. The van der Waals surface area contributed by atoms with Crippen LogP contribution in [-0.4, -0.2) is 25.2 Å². The molecule has 5 heteroatoms. The number of esters is 2. The second kappa shape index (κ2) is 14.8. The van der Waals surface area contributed by atoms with Gasteiger partial charge in [0, 0.05) is 6.08 Å². The van der Waals surface area contributed by atoms with E-state index in [0.717, 1.165) is 56.3 Å². The van der Waals surface area contributed by atoms with Crippen molar-refractivity contribution in [3.05, 3.63) is 65.7 Å². The van der Waals surface area contributed by atoms with Gasteiger partial charge in [-0.15, -0.1) is 0 Å². The van der Waals surface area contributed by atoms with Crippen LogP contribution in [-0.2, 0) is 9.53 Å². The zero-order valence-corrected chi connectivity index (χ0v) is 19.2. The Morgan fingerprint density at radius 1 is 0.750 bits per heavy atom. The molecule has 2 rings (SSSR count). The average Bonchev–Trinajstić information content (AvgIpc) is 2.81. The number of ether oxygens (including phenoxy) is 3. The maximum absolute atomic E-state index is 12.4. The molecule has 0 aliphatic carbocycles. The standard InChI is InChI=1S/C27H34O5/c1-3-5-7-9-21-31-26(28)19-12-22-10-15-25(16-11-22)32-27(29)23-13-17-24(18-14-23)30-20-8-6-4-2/h10-19H,3-9,20-21H2,1-2H3/b19-12+. The van der Waals surface area contributed by atoms with Gasteiger partial charge in [0.05, 0.1) is 18.8 Å². The smallest absolute Gasteiger partial charge is 0.343 e. The number of hydrogen-bond acceptors (Lipinski definition) is 5. The molecule has 2 aromatic rings. The number of unbranched alkanes of at least 4 members (excludes halogenated alkanes) is 5. The maximum atomic E-state index is 12.4. The first-order valence-electron chi connectivity index (χ1n) is 11.5. The summed E-state index contributed by atoms with van der Waals surface area (Å²) >= 11 is 0. The lowest BCUT2D eigenvalue weighted by atomic mass is 10.2. The third kappa shape index (κ3) is 9.82. The topological polar surface area (TPSA) is 61.8 Å². The normalized spacial score (nSPS) is 10.8. The molecule has 0 spiro atoms. The third-order valence-corrected chi connectivity index (χ3v) is 4.85. The van der Waals surface area contributed by atoms with E-state index < -0.39 is 5.97 Å². The van der Waals surface area contributed by atoms with E-state index in [9.17, 15) is 9.59 Å². The van der Waals surface area contributed by atoms with E-state index >= 15 is 0 Å². The highest BCUT2D eigenvalue weighted by molar-refractivity contribution is 5.91. The zero-order chi connectivity index (χ0) is 23.0. The molecule has 0 fully saturated rings. The Bertz CT molecular complexity index is 837. The van der Waals surface area contributed by atoms with E-state index in [1.54, 1.807) is 54.6 Å². The van der Waals surface area contributed by atoms with Crippen molar-refractivity contribution < 1.29 is 23.8 Å². The highest BCUT2D eigenvalue weighted by Gasteiger charge is 2.09. The van der Waals surface area contributed by atoms with Gasteiger partial charge in [0.2, 0.25) is 0 Å². The second-order valence-corrected chi connectivity index (χ2v) is 7.60. The lowest BCUT2D eigenvalue weighted by Gasteiger charge is -2.07. The lowest BCUT2D eigenvalue weighted by Crippen LogP contribution is -2.08. The van der Waals surface area contributed by atoms with Gasteiger partial charge in [-0.1, -0.05) is 58.1 Å². The van der Waals surface area contributed by atoms with Crippen molar-refractivity contribution in [1.82, 2.24) is 0 Å². The van der Waals surface area contributed by atoms with Crippen LogP contribution in [0.2, 0.25) is 0 Å². The molecule has 0 aliphatic rings. The molecule has 0 aromatic heterocycles. The highest BCUT2D eigenvalue weighted by atomic mass is 16.5. The van der Waals surface area contributed by atoms with E-state index in [2.05, 4.69) is 13.8 Å². The SMILES string of the molecule is CCCCCCOC(=O)/C=C/c1ccc(OC(=O)c2ccc(OCCCCC)cc2)cc1. The third-order valence-electron chi connectivity index (χ3n) is 4.85. The molecule has 2 aromatic carbocycles. The van der Waals surface area contributed by atoms with Gasteiger partial charge < -0.3 is 14.2 Å². The van der Waals surface area contributed by atoms with Crippen LogP contribution < -0.4 is 9.47 Å². The van der Waals surface area contributed by atoms with Crippen molar-refractivity contribution in [3.63, 3.8) is 0 Å². The van der Waals surface area contributed by atoms with Crippen molar-refractivity contribution in [3.8, 4) is 11.5 Å². The summed E-state index contributed by atoms with van der Waals surface area (Å²) < 4.78 is 16.3. The summed E-state index contributed by atoms with van der Waals surface area (Å²) in [6.45, 7) is 5.42. The minimum absolute atomic E-state index is 0.352. The molecular weight excluding hydrogens is 404 g/mol. The molecule has 0 atom stereocenters. The summed E-state index contributed by atoms with van der Waals surface area (Å²) in [5.41, 5.74) is 1.27. The molecule has 0 amide bonds. The van der Waals surface area contributed by atoms with Crippen LogP contribution in [0.25, 0.3) is 6.08 Å². The number of carbonyl (C=O) groups is 2. The number of carbonyl (C=O) groups excluding carboxylic acids is 2. The summed E-state index contributed by atoms with van der Waals surface area (Å²) in [6.07, 6.45) is 10.7. The summed E-state index contributed by atoms with van der Waals surface area (Å²) in [6, 6.07) is 13.9. The van der Waals surface area contributed by atoms with Crippen LogP contribution in [0.5, 0.6) is 11.5 Å². The first-order valence-corrected chi connectivity index (χ1v) is 11.5. The fraction of sp³-hybridized carbons (Fsp3) is 0.407. The molecule has 172 valence electrons. The molecule has 0 unspecified atom stereocenters. The maximum Gasteiger partial charge on any atom is 0.343 e. The van der Waals surface area contributed by atoms with Crippen LogP contribution in [0, 0.1) is 0 Å². The number of hydrogen-bond donors (Lipinski definition) is 0. The Balaban J connectivity index is 1.78. The first-order chi connectivity index (χ1) is 15.6. The number of rotatable bonds is 14. The fourth-order valence-corrected chi connectivity index (χ4v) is 2.96. The summed E-state index contributed by atoms with van der Waals surface area (Å²) in [4.78, 5) is 24.1. The van der Waals surface area contributed by atoms with Gasteiger partial charge >= 0.3 is 11.9 Å². The molecule has 0 aliphatic heterocycles. The molecule has 0 bridgehead atoms. The monoisotopic (exact) mass is 438 g/mol. The van der Waals surface area contributed by atoms with E-state index in [0.29, 0.717) is 24.5 Å². The molecular formula is C27H34O5. The van der Waals surface area contributed by atoms with E-state index in [-0.39, 0.29) is 5.97 Å². The van der Waals surface area contributed by atoms with E-state index in [1.807, 2.05) is 0 Å². The highest BCUT2D eigenvalue weighted by Crippen LogP contribution is 2.17. The van der Waals surface area contributed by atoms with Gasteiger partial charge in [-0.25, -0.2) is 9.59 Å². The largest absolute Gasteiger partial charge is 0.494 e. The van der Waals surface area contributed by atoms with Gasteiger partial charge in [-0.2, -0.15) is 0 Å². The summed E-state index contributed by atoms with van der Waals surface area (Å²) in [5, 5.41) is 0. The van der Waals surface area contributed by atoms with Crippen molar-refractivity contribution in [2.45, 2.75) is 58.8 Å². The molecule has 0 radical (unpaired) electrons. The van der Waals surface area contributed by atoms with Crippen molar-refractivity contribution in [2.24, 2.45) is 0 Å². The molecule has 0 N–H and O–H groups in total. The second-order valence-electron chi connectivity index (χ2n) is 7.60. The molecule has 32 heavy (non-hydrogen) atoms. The van der Waals surface area contributed by atoms with Crippen LogP contribution >= 0.6 is 0 Å². The van der Waals surface area contributed by atoms with Crippen LogP contribution in [0.15, 0.2) is 54.6 Å².